The van der Waals surface area contributed by atoms with Crippen molar-refractivity contribution >= 4 is 17.5 Å². The third-order valence-corrected chi connectivity index (χ3v) is 4.52. The van der Waals surface area contributed by atoms with E-state index in [-0.39, 0.29) is 0 Å². The largest absolute Gasteiger partial charge is 0.470 e. The molecule has 0 unspecified atom stereocenters. The first-order valence-corrected chi connectivity index (χ1v) is 8.47. The molecule has 0 spiro atoms. The summed E-state index contributed by atoms with van der Waals surface area (Å²) in [5, 5.41) is 0. The normalized spacial score (nSPS) is 16.0. The van der Waals surface area contributed by atoms with Crippen molar-refractivity contribution in [2.24, 2.45) is 0 Å². The van der Waals surface area contributed by atoms with Crippen LogP contribution < -0.4 is 9.64 Å². The zero-order valence-electron chi connectivity index (χ0n) is 13.2. The zero-order chi connectivity index (χ0) is 15.4. The molecule has 3 rings (SSSR count). The average molecular weight is 318 g/mol. The van der Waals surface area contributed by atoms with Gasteiger partial charge in [0.2, 0.25) is 5.82 Å². The molecular formula is C16H22N4OS. The van der Waals surface area contributed by atoms with Gasteiger partial charge < -0.3 is 14.5 Å². The van der Waals surface area contributed by atoms with E-state index < -0.39 is 0 Å². The van der Waals surface area contributed by atoms with E-state index in [1.165, 1.54) is 17.3 Å². The quantitative estimate of drug-likeness (QED) is 0.847. The third-order valence-electron chi connectivity index (χ3n) is 4.02. The first-order valence-electron chi connectivity index (χ1n) is 7.74. The van der Waals surface area contributed by atoms with Gasteiger partial charge in [-0.2, -0.15) is 4.37 Å². The Kier molecular flexibility index (Phi) is 4.90. The topological polar surface area (TPSA) is 41.5 Å². The summed E-state index contributed by atoms with van der Waals surface area (Å²) >= 11 is 1.22. The summed E-state index contributed by atoms with van der Waals surface area (Å²) in [6.45, 7) is 10.1. The monoisotopic (exact) mass is 318 g/mol. The Balaban J connectivity index is 1.63. The van der Waals surface area contributed by atoms with Gasteiger partial charge in [0.25, 0.3) is 5.88 Å². The third kappa shape index (κ3) is 3.56. The smallest absolute Gasteiger partial charge is 0.271 e. The van der Waals surface area contributed by atoms with Crippen molar-refractivity contribution in [2.75, 3.05) is 37.6 Å². The predicted molar refractivity (Wildman–Crippen MR) is 89.7 cm³/mol. The van der Waals surface area contributed by atoms with Gasteiger partial charge in [-0.1, -0.05) is 36.8 Å². The van der Waals surface area contributed by atoms with E-state index in [2.05, 4.69) is 56.7 Å². The van der Waals surface area contributed by atoms with Gasteiger partial charge in [-0.25, -0.2) is 0 Å². The van der Waals surface area contributed by atoms with Crippen LogP contribution in [0.4, 0.5) is 5.82 Å². The summed E-state index contributed by atoms with van der Waals surface area (Å²) in [5.74, 6) is 1.56. The van der Waals surface area contributed by atoms with E-state index >= 15 is 0 Å². The maximum Gasteiger partial charge on any atom is 0.271 e. The van der Waals surface area contributed by atoms with Crippen molar-refractivity contribution in [1.82, 2.24) is 13.6 Å². The number of nitrogens with zero attached hydrogens (tertiary/aromatic N) is 4. The molecule has 0 N–H and O–H groups in total. The molecule has 1 aliphatic rings. The number of ether oxygens (including phenoxy) is 1. The molecular weight excluding hydrogens is 296 g/mol. The number of rotatable bonds is 5. The highest BCUT2D eigenvalue weighted by atomic mass is 32.1. The van der Waals surface area contributed by atoms with Crippen molar-refractivity contribution < 1.29 is 4.74 Å². The van der Waals surface area contributed by atoms with E-state index in [9.17, 15) is 0 Å². The second-order valence-corrected chi connectivity index (χ2v) is 6.12. The van der Waals surface area contributed by atoms with E-state index in [0.29, 0.717) is 12.5 Å². The van der Waals surface area contributed by atoms with Crippen molar-refractivity contribution in [3.63, 3.8) is 0 Å². The summed E-state index contributed by atoms with van der Waals surface area (Å²) < 4.78 is 14.7. The van der Waals surface area contributed by atoms with Crippen LogP contribution in [0.5, 0.6) is 5.88 Å². The lowest BCUT2D eigenvalue weighted by Crippen LogP contribution is -2.46. The second kappa shape index (κ2) is 7.07. The molecule has 0 bridgehead atoms. The molecule has 0 radical (unpaired) electrons. The van der Waals surface area contributed by atoms with Gasteiger partial charge in [0.05, 0.1) is 11.7 Å². The number of hydrogen-bond donors (Lipinski definition) is 0. The van der Waals surface area contributed by atoms with Gasteiger partial charge in [0.1, 0.15) is 6.61 Å². The summed E-state index contributed by atoms with van der Waals surface area (Å²) in [4.78, 5) is 4.73. The highest BCUT2D eigenvalue weighted by Gasteiger charge is 2.22. The molecule has 2 heterocycles. The van der Waals surface area contributed by atoms with Crippen LogP contribution in [-0.4, -0.2) is 46.4 Å². The maximum absolute atomic E-state index is 5.91. The highest BCUT2D eigenvalue weighted by molar-refractivity contribution is 6.99. The SMILES string of the molecule is CCN1CCN(c2nsnc2OCc2cccc(C)c2)CC1. The Labute approximate surface area is 135 Å². The highest BCUT2D eigenvalue weighted by Crippen LogP contribution is 2.27. The first-order chi connectivity index (χ1) is 10.8. The second-order valence-electron chi connectivity index (χ2n) is 5.59. The molecule has 1 saturated heterocycles. The molecule has 0 atom stereocenters. The van der Waals surface area contributed by atoms with Crippen LogP contribution in [0.25, 0.3) is 0 Å². The van der Waals surface area contributed by atoms with Crippen LogP contribution >= 0.6 is 11.7 Å². The van der Waals surface area contributed by atoms with Gasteiger partial charge in [-0.15, -0.1) is 4.37 Å². The minimum Gasteiger partial charge on any atom is -0.470 e. The van der Waals surface area contributed by atoms with Crippen molar-refractivity contribution in [3.8, 4) is 5.88 Å². The average Bonchev–Trinajstić information content (AvgIpc) is 3.01. The Morgan fingerprint density at radius 3 is 2.73 bits per heavy atom. The Bertz CT molecular complexity index is 608. The van der Waals surface area contributed by atoms with Gasteiger partial charge >= 0.3 is 0 Å². The molecule has 1 aromatic heterocycles. The predicted octanol–water partition coefficient (Wildman–Crippen LogP) is 2.57. The number of likely N-dealkylation sites (N-methyl/N-ethyl adjacent to an activating group) is 1. The first kappa shape index (κ1) is 15.2. The molecule has 1 aromatic carbocycles. The number of piperazine rings is 1. The van der Waals surface area contributed by atoms with E-state index in [4.69, 9.17) is 4.74 Å². The number of benzene rings is 1. The number of hydrogen-bond acceptors (Lipinski definition) is 6. The van der Waals surface area contributed by atoms with Crippen LogP contribution in [0.15, 0.2) is 24.3 Å². The standard InChI is InChI=1S/C16H22N4OS/c1-3-19-7-9-20(10-8-19)15-16(18-22-17-15)21-12-14-6-4-5-13(2)11-14/h4-6,11H,3,7-10,12H2,1-2H3. The maximum atomic E-state index is 5.91. The van der Waals surface area contributed by atoms with E-state index in [1.807, 2.05) is 0 Å². The van der Waals surface area contributed by atoms with Crippen LogP contribution in [0, 0.1) is 6.92 Å². The number of anilines is 1. The fraction of sp³-hybridized carbons (Fsp3) is 0.500. The van der Waals surface area contributed by atoms with Gasteiger partial charge in [0, 0.05) is 26.2 Å². The Morgan fingerprint density at radius 1 is 1.18 bits per heavy atom. The molecule has 0 aliphatic carbocycles. The molecule has 0 amide bonds. The summed E-state index contributed by atoms with van der Waals surface area (Å²) in [6, 6.07) is 8.36. The van der Waals surface area contributed by atoms with E-state index in [1.54, 1.807) is 0 Å². The van der Waals surface area contributed by atoms with Crippen LogP contribution in [0.3, 0.4) is 0 Å². The van der Waals surface area contributed by atoms with Crippen molar-refractivity contribution in [3.05, 3.63) is 35.4 Å². The lowest BCUT2D eigenvalue weighted by atomic mass is 10.1. The van der Waals surface area contributed by atoms with Crippen molar-refractivity contribution in [1.29, 1.82) is 0 Å². The number of aromatic nitrogens is 2. The van der Waals surface area contributed by atoms with Gasteiger partial charge in [-0.3, -0.25) is 0 Å². The zero-order valence-corrected chi connectivity index (χ0v) is 14.0. The Hall–Kier alpha value is -1.66. The fourth-order valence-corrected chi connectivity index (χ4v) is 3.21. The van der Waals surface area contributed by atoms with Crippen LogP contribution in [0.1, 0.15) is 18.1 Å². The van der Waals surface area contributed by atoms with Crippen molar-refractivity contribution in [2.45, 2.75) is 20.5 Å². The Morgan fingerprint density at radius 2 is 2.00 bits per heavy atom. The minimum atomic E-state index is 0.537. The molecule has 6 heteroatoms. The van der Waals surface area contributed by atoms with Crippen LogP contribution in [-0.2, 0) is 6.61 Å². The minimum absolute atomic E-state index is 0.537. The molecule has 2 aromatic rings. The number of aryl methyl sites for hydroxylation is 1. The van der Waals surface area contributed by atoms with E-state index in [0.717, 1.165) is 44.1 Å². The summed E-state index contributed by atoms with van der Waals surface area (Å²) in [5.41, 5.74) is 2.41. The summed E-state index contributed by atoms with van der Waals surface area (Å²) in [7, 11) is 0. The molecule has 0 saturated carbocycles. The molecule has 118 valence electrons. The van der Waals surface area contributed by atoms with Gasteiger partial charge in [-0.05, 0) is 19.0 Å². The molecule has 22 heavy (non-hydrogen) atoms. The fourth-order valence-electron chi connectivity index (χ4n) is 2.69. The summed E-state index contributed by atoms with van der Waals surface area (Å²) in [6.07, 6.45) is 0. The lowest BCUT2D eigenvalue weighted by molar-refractivity contribution is 0.266. The lowest BCUT2D eigenvalue weighted by Gasteiger charge is -2.34. The molecule has 1 fully saturated rings. The van der Waals surface area contributed by atoms with Gasteiger partial charge in [0.15, 0.2) is 0 Å². The molecule has 1 aliphatic heterocycles. The van der Waals surface area contributed by atoms with Crippen LogP contribution in [0.2, 0.25) is 0 Å². The molecule has 5 nitrogen and oxygen atoms in total.